The quantitative estimate of drug-likeness (QED) is 0.876. The highest BCUT2D eigenvalue weighted by Crippen LogP contribution is 2.35. The van der Waals surface area contributed by atoms with E-state index in [9.17, 15) is 0 Å². The Labute approximate surface area is 127 Å². The maximum Gasteiger partial charge on any atom is 0.242 e. The van der Waals surface area contributed by atoms with Gasteiger partial charge in [-0.2, -0.15) is 4.98 Å². The molecule has 3 N–H and O–H groups in total. The van der Waals surface area contributed by atoms with Crippen LogP contribution >= 0.6 is 23.2 Å². The summed E-state index contributed by atoms with van der Waals surface area (Å²) in [6.07, 6.45) is 2.23. The van der Waals surface area contributed by atoms with Gasteiger partial charge in [0.25, 0.3) is 0 Å². The zero-order valence-corrected chi connectivity index (χ0v) is 12.4. The molecule has 1 heterocycles. The van der Waals surface area contributed by atoms with Gasteiger partial charge < -0.3 is 15.8 Å². The number of anilines is 3. The topological polar surface area (TPSA) is 73.1 Å². The van der Waals surface area contributed by atoms with E-state index < -0.39 is 0 Å². The normalized spacial score (nSPS) is 10.3. The molecule has 0 fully saturated rings. The van der Waals surface area contributed by atoms with E-state index >= 15 is 0 Å². The fourth-order valence-corrected chi connectivity index (χ4v) is 2.02. The van der Waals surface area contributed by atoms with Crippen LogP contribution in [0.5, 0.6) is 5.88 Å². The maximum absolute atomic E-state index is 6.09. The number of halogens is 2. The number of hydrogen-bond acceptors (Lipinski definition) is 5. The van der Waals surface area contributed by atoms with E-state index in [1.54, 1.807) is 18.2 Å². The lowest BCUT2D eigenvalue weighted by atomic mass is 10.3. The summed E-state index contributed by atoms with van der Waals surface area (Å²) < 4.78 is 5.44. The Bertz CT molecular complexity index is 587. The van der Waals surface area contributed by atoms with Crippen molar-refractivity contribution in [2.24, 2.45) is 0 Å². The summed E-state index contributed by atoms with van der Waals surface area (Å²) in [5.41, 5.74) is 6.83. The zero-order chi connectivity index (χ0) is 14.5. The molecule has 20 heavy (non-hydrogen) atoms. The number of rotatable bonds is 5. The Balaban J connectivity index is 2.30. The first-order chi connectivity index (χ1) is 9.63. The molecule has 0 atom stereocenters. The third-order valence-corrected chi connectivity index (χ3v) is 3.13. The molecular weight excluding hydrogens is 299 g/mol. The number of nitrogens with two attached hydrogens (primary N) is 1. The van der Waals surface area contributed by atoms with Crippen LogP contribution in [0.4, 0.5) is 17.2 Å². The molecule has 0 aliphatic carbocycles. The van der Waals surface area contributed by atoms with Crippen molar-refractivity contribution in [3.63, 3.8) is 0 Å². The molecule has 7 heteroatoms. The molecule has 0 radical (unpaired) electrons. The van der Waals surface area contributed by atoms with Crippen LogP contribution in [0, 0.1) is 0 Å². The average molecular weight is 313 g/mol. The lowest BCUT2D eigenvalue weighted by Crippen LogP contribution is -2.06. The third-order valence-electron chi connectivity index (χ3n) is 2.50. The fourth-order valence-electron chi connectivity index (χ4n) is 1.53. The molecule has 0 aliphatic rings. The second-order valence-corrected chi connectivity index (χ2v) is 4.83. The number of nitrogens with one attached hydrogen (secondary N) is 1. The van der Waals surface area contributed by atoms with Crippen LogP contribution < -0.4 is 15.8 Å². The molecule has 0 amide bonds. The molecule has 1 aromatic heterocycles. The van der Waals surface area contributed by atoms with Crippen LogP contribution in [-0.2, 0) is 0 Å². The molecule has 5 nitrogen and oxygen atoms in total. The Morgan fingerprint density at radius 1 is 1.25 bits per heavy atom. The monoisotopic (exact) mass is 312 g/mol. The van der Waals surface area contributed by atoms with E-state index in [2.05, 4.69) is 15.3 Å². The van der Waals surface area contributed by atoms with Gasteiger partial charge in [0.05, 0.1) is 22.3 Å². The summed E-state index contributed by atoms with van der Waals surface area (Å²) in [5.74, 6) is 0.744. The summed E-state index contributed by atoms with van der Waals surface area (Å²) in [7, 11) is 0. The lowest BCUT2D eigenvalue weighted by molar-refractivity contribution is 0.307. The van der Waals surface area contributed by atoms with E-state index in [-0.39, 0.29) is 0 Å². The average Bonchev–Trinajstić information content (AvgIpc) is 2.43. The van der Waals surface area contributed by atoms with Gasteiger partial charge in [0.15, 0.2) is 5.82 Å². The zero-order valence-electron chi connectivity index (χ0n) is 10.9. The SMILES string of the molecule is CCCOc1ncnc(Nc2c(Cl)cccc2Cl)c1N. The summed E-state index contributed by atoms with van der Waals surface area (Å²) in [6.45, 7) is 2.54. The number of nitrogen functional groups attached to an aromatic ring is 1. The van der Waals surface area contributed by atoms with Crippen LogP contribution in [0.25, 0.3) is 0 Å². The number of ether oxygens (including phenoxy) is 1. The van der Waals surface area contributed by atoms with Crippen LogP contribution in [0.1, 0.15) is 13.3 Å². The van der Waals surface area contributed by atoms with Gasteiger partial charge in [-0.05, 0) is 18.6 Å². The van der Waals surface area contributed by atoms with Crippen LogP contribution in [-0.4, -0.2) is 16.6 Å². The van der Waals surface area contributed by atoms with Crippen molar-refractivity contribution in [1.82, 2.24) is 9.97 Å². The van der Waals surface area contributed by atoms with Crippen molar-refractivity contribution in [2.45, 2.75) is 13.3 Å². The Hall–Kier alpha value is -1.72. The molecule has 0 saturated heterocycles. The van der Waals surface area contributed by atoms with Crippen molar-refractivity contribution >= 4 is 40.4 Å². The summed E-state index contributed by atoms with van der Waals surface area (Å²) >= 11 is 12.2. The molecule has 0 bridgehead atoms. The minimum Gasteiger partial charge on any atom is -0.476 e. The van der Waals surface area contributed by atoms with Gasteiger partial charge in [0.2, 0.25) is 5.88 Å². The van der Waals surface area contributed by atoms with Gasteiger partial charge >= 0.3 is 0 Å². The van der Waals surface area contributed by atoms with Crippen LogP contribution in [0.2, 0.25) is 10.0 Å². The van der Waals surface area contributed by atoms with Gasteiger partial charge in [-0.3, -0.25) is 0 Å². The highest BCUT2D eigenvalue weighted by molar-refractivity contribution is 6.39. The highest BCUT2D eigenvalue weighted by Gasteiger charge is 2.12. The van der Waals surface area contributed by atoms with Gasteiger partial charge in [-0.15, -0.1) is 0 Å². The van der Waals surface area contributed by atoms with E-state index in [1.165, 1.54) is 6.33 Å². The first-order valence-corrected chi connectivity index (χ1v) is 6.83. The predicted molar refractivity (Wildman–Crippen MR) is 82.0 cm³/mol. The van der Waals surface area contributed by atoms with Crippen molar-refractivity contribution < 1.29 is 4.74 Å². The van der Waals surface area contributed by atoms with Gasteiger partial charge in [0, 0.05) is 0 Å². The number of aromatic nitrogens is 2. The fraction of sp³-hybridized carbons (Fsp3) is 0.231. The molecule has 0 saturated carbocycles. The molecule has 1 aromatic carbocycles. The van der Waals surface area contributed by atoms with E-state index in [1.807, 2.05) is 6.92 Å². The minimum atomic E-state index is 0.317. The van der Waals surface area contributed by atoms with Gasteiger partial charge in [0.1, 0.15) is 12.0 Å². The van der Waals surface area contributed by atoms with Crippen LogP contribution in [0.3, 0.4) is 0 Å². The number of benzene rings is 1. The van der Waals surface area contributed by atoms with E-state index in [0.717, 1.165) is 6.42 Å². The molecular formula is C13H14Cl2N4O. The number of nitrogens with zero attached hydrogens (tertiary/aromatic N) is 2. The molecule has 0 unspecified atom stereocenters. The predicted octanol–water partition coefficient (Wildman–Crippen LogP) is 3.90. The molecule has 106 valence electrons. The van der Waals surface area contributed by atoms with Gasteiger partial charge in [-0.25, -0.2) is 4.98 Å². The minimum absolute atomic E-state index is 0.317. The Kier molecular flexibility index (Phi) is 4.87. The van der Waals surface area contributed by atoms with Crippen molar-refractivity contribution in [2.75, 3.05) is 17.7 Å². The Morgan fingerprint density at radius 3 is 2.60 bits per heavy atom. The Morgan fingerprint density at radius 2 is 1.95 bits per heavy atom. The first-order valence-electron chi connectivity index (χ1n) is 6.07. The first kappa shape index (κ1) is 14.7. The van der Waals surface area contributed by atoms with Crippen molar-refractivity contribution in [1.29, 1.82) is 0 Å². The number of hydrogen-bond donors (Lipinski definition) is 2. The summed E-state index contributed by atoms with van der Waals surface area (Å²) in [6, 6.07) is 5.21. The van der Waals surface area contributed by atoms with Crippen LogP contribution in [0.15, 0.2) is 24.5 Å². The maximum atomic E-state index is 6.09. The largest absolute Gasteiger partial charge is 0.476 e. The molecule has 2 rings (SSSR count). The molecule has 2 aromatic rings. The van der Waals surface area contributed by atoms with E-state index in [0.29, 0.717) is 39.7 Å². The second-order valence-electron chi connectivity index (χ2n) is 4.01. The molecule has 0 aliphatic heterocycles. The number of para-hydroxylation sites is 1. The van der Waals surface area contributed by atoms with Gasteiger partial charge in [-0.1, -0.05) is 36.2 Å². The summed E-state index contributed by atoms with van der Waals surface area (Å²) in [4.78, 5) is 8.08. The van der Waals surface area contributed by atoms with E-state index in [4.69, 9.17) is 33.7 Å². The molecule has 0 spiro atoms. The lowest BCUT2D eigenvalue weighted by Gasteiger charge is -2.13. The third kappa shape index (κ3) is 3.23. The standard InChI is InChI=1S/C13H14Cl2N4O/c1-2-6-20-13-10(16)12(17-7-18-13)19-11-8(14)4-3-5-9(11)15/h3-5,7H,2,6,16H2,1H3,(H,17,18,19). The summed E-state index contributed by atoms with van der Waals surface area (Å²) in [5, 5.41) is 3.96. The second kappa shape index (κ2) is 6.63. The van der Waals surface area contributed by atoms with Crippen molar-refractivity contribution in [3.8, 4) is 5.88 Å². The van der Waals surface area contributed by atoms with Crippen molar-refractivity contribution in [3.05, 3.63) is 34.6 Å². The highest BCUT2D eigenvalue weighted by atomic mass is 35.5. The smallest absolute Gasteiger partial charge is 0.242 e.